The van der Waals surface area contributed by atoms with Gasteiger partial charge in [-0.25, -0.2) is 0 Å². The third-order valence-corrected chi connectivity index (χ3v) is 40.9. The van der Waals surface area contributed by atoms with Crippen molar-refractivity contribution >= 4 is 178 Å². The van der Waals surface area contributed by atoms with Gasteiger partial charge in [-0.05, 0) is 228 Å². The van der Waals surface area contributed by atoms with Crippen LogP contribution in [0.3, 0.4) is 0 Å². The van der Waals surface area contributed by atoms with Gasteiger partial charge in [-0.15, -0.1) is 6.42 Å². The molecular formula is C107H160I2N12O25Si3. The molecule has 3 aromatic heterocycles. The van der Waals surface area contributed by atoms with Gasteiger partial charge in [-0.2, -0.15) is 0 Å². The zero-order valence-corrected chi connectivity index (χ0v) is 99.3. The Bertz CT molecular complexity index is 6050. The molecule has 0 radical (unpaired) electrons. The smallest absolute Gasteiger partial charge is 0.307 e. The van der Waals surface area contributed by atoms with Gasteiger partial charge in [0.1, 0.15) is 6.29 Å². The highest BCUT2D eigenvalue weighted by atomic mass is 127. The lowest BCUT2D eigenvalue weighted by Gasteiger charge is -2.36. The van der Waals surface area contributed by atoms with E-state index in [2.05, 4.69) is 177 Å². The number of ether oxygens (including phenoxy) is 3. The predicted molar refractivity (Wildman–Crippen MR) is 616 cm³/mol. The first kappa shape index (κ1) is 134. The lowest BCUT2D eigenvalue weighted by atomic mass is 9.85. The standard InChI is InChI=1S/C23H36N2O5Si.C17H22N2O5.C15H20N2O4.C15H22N2O2.C14H23IN2O3Si.C9H14O2.C8H18O2Si.C6H5IN2O2/c1-9-29-21(26)17-23(5,6)13-12-18-16-19(25(27)28)10-11-20(18)24-14-15-30-31(7,8)22(2,3)4;1-4-24-16(21)11-17(2,3)15-10-12-9-13(19(22)23)5-6-14(12)18(15)7-8-20;1-15(2,5-7-18)14-10-11-9-12(17(20)21)3-4-13(11)16(14)6-8-19;1-15(2,5-7-18)14-10-11-9-12(16)3-4-13(11)17(14)6-8-19;1-14(2,3)21(4,5)20-9-8-16-13-7-6-11(17(18)19)10-12(13)15;1-5-9(3,4)7-8(10)11-6-2;1-8(2,3)11(4,5)10-7-6-9;7-5-3-4(9(10)11)1-2-6(5)8/h10-11,16,24H,9,14-15,17H2,1-8H3;5-6,9-10,20H,4,7-8,11H2,1-3H3;3-4,9-10,18-19H,5-8H2,1-2H3;3-4,9-10,18-19H,5-8,16H2,1-2H3;6-7,10,16H,8-9H2,1-5H3;1H,6-7H2,2-4H3;6H,7H2,1-5H3;1-3H,8H2. The molecule has 42 heteroatoms. The number of hydrogen-bond acceptors (Lipinski definition) is 29. The molecule has 37 nitrogen and oxygen atoms in total. The summed E-state index contributed by atoms with van der Waals surface area (Å²) >= 11 is 4.05. The fourth-order valence-corrected chi connectivity index (χ4v) is 18.1. The van der Waals surface area contributed by atoms with Gasteiger partial charge in [-0.3, -0.25) is 65.0 Å². The number of nitro groups is 5. The van der Waals surface area contributed by atoms with Crippen molar-refractivity contribution in [3.8, 4) is 24.2 Å². The molecule has 0 amide bonds. The van der Waals surface area contributed by atoms with Gasteiger partial charge in [0.15, 0.2) is 25.0 Å². The van der Waals surface area contributed by atoms with Crippen molar-refractivity contribution in [2.75, 3.05) is 108 Å². The van der Waals surface area contributed by atoms with Crippen molar-refractivity contribution in [3.05, 3.63) is 208 Å². The summed E-state index contributed by atoms with van der Waals surface area (Å²) in [6.07, 6.45) is 7.90. The van der Waals surface area contributed by atoms with Crippen molar-refractivity contribution in [2.24, 2.45) is 10.8 Å². The number of nitrogens with two attached hydrogens (primary N) is 2. The number of aliphatic hydroxyl groups excluding tert-OH is 5. The average molecular weight is 2350 g/mol. The minimum absolute atomic E-state index is 0.0109. The Morgan fingerprint density at radius 3 is 1.09 bits per heavy atom. The van der Waals surface area contributed by atoms with E-state index < -0.39 is 55.5 Å². The normalized spacial score (nSPS) is 11.8. The maximum absolute atomic E-state index is 11.9. The molecule has 824 valence electrons. The van der Waals surface area contributed by atoms with Crippen molar-refractivity contribution in [1.82, 2.24) is 13.7 Å². The first-order chi connectivity index (χ1) is 68.9. The van der Waals surface area contributed by atoms with Gasteiger partial charge in [0, 0.05) is 208 Å². The van der Waals surface area contributed by atoms with E-state index in [4.69, 9.17) is 45.4 Å². The van der Waals surface area contributed by atoms with E-state index in [0.29, 0.717) is 104 Å². The number of carbonyl (C=O) groups is 4. The van der Waals surface area contributed by atoms with Crippen LogP contribution in [0.1, 0.15) is 207 Å². The molecule has 0 aliphatic rings. The number of halogens is 2. The molecule has 0 spiro atoms. The van der Waals surface area contributed by atoms with Crippen LogP contribution < -0.4 is 22.1 Å². The Morgan fingerprint density at radius 2 is 0.745 bits per heavy atom. The topological polar surface area (TPSA) is 531 Å². The number of nitrogen functional groups attached to an aromatic ring is 2. The Hall–Kier alpha value is -10.9. The van der Waals surface area contributed by atoms with Crippen molar-refractivity contribution in [1.29, 1.82) is 0 Å². The molecular weight excluding hydrogens is 2190 g/mol. The Kier molecular flexibility index (Phi) is 54.4. The van der Waals surface area contributed by atoms with Crippen LogP contribution in [-0.2, 0) is 82.5 Å². The molecule has 0 unspecified atom stereocenters. The number of aliphatic hydroxyl groups is 5. The molecule has 0 atom stereocenters. The third-order valence-electron chi connectivity index (χ3n) is 25.5. The van der Waals surface area contributed by atoms with Crippen LogP contribution in [-0.4, -0.2) is 199 Å². The summed E-state index contributed by atoms with van der Waals surface area (Å²) in [5.74, 6) is 7.78. The van der Waals surface area contributed by atoms with Crippen LogP contribution in [0, 0.1) is 92.7 Å². The van der Waals surface area contributed by atoms with Crippen molar-refractivity contribution in [2.45, 2.75) is 275 Å². The lowest BCUT2D eigenvalue weighted by molar-refractivity contribution is -0.385. The molecule has 0 fully saturated rings. The molecule has 0 saturated heterocycles. The second-order valence-corrected chi connectivity index (χ2v) is 59.7. The summed E-state index contributed by atoms with van der Waals surface area (Å²) in [7, 11) is -5.21. The number of terminal acetylenes is 1. The Morgan fingerprint density at radius 1 is 0.423 bits per heavy atom. The first-order valence-electron chi connectivity index (χ1n) is 49.1. The number of carbonyl (C=O) groups excluding carboxylic acids is 4. The number of hydrogen-bond donors (Lipinski definition) is 9. The van der Waals surface area contributed by atoms with Gasteiger partial charge >= 0.3 is 17.9 Å². The number of benzene rings is 6. The Labute approximate surface area is 907 Å². The van der Waals surface area contributed by atoms with Crippen LogP contribution >= 0.6 is 45.2 Å². The fraction of sp³-hybridized carbons (Fsp3) is 0.533. The van der Waals surface area contributed by atoms with E-state index in [1.807, 2.05) is 117 Å². The molecule has 6 aromatic carbocycles. The third kappa shape index (κ3) is 43.8. The number of non-ortho nitro benzene ring substituents is 5. The number of nitrogens with one attached hydrogen (secondary N) is 2. The minimum atomic E-state index is -1.84. The zero-order chi connectivity index (χ0) is 114. The van der Waals surface area contributed by atoms with E-state index in [0.717, 1.165) is 65.6 Å². The van der Waals surface area contributed by atoms with E-state index in [9.17, 15) is 95.3 Å². The molecule has 9 aromatic rings. The number of aldehydes is 1. The lowest BCUT2D eigenvalue weighted by Crippen LogP contribution is -2.41. The fourth-order valence-electron chi connectivity index (χ4n) is 13.9. The average Bonchev–Trinajstić information content (AvgIpc) is 1.62. The summed E-state index contributed by atoms with van der Waals surface area (Å²) in [6.45, 7) is 62.8. The van der Waals surface area contributed by atoms with Crippen LogP contribution in [0.2, 0.25) is 54.4 Å². The number of esters is 3. The molecule has 149 heavy (non-hydrogen) atoms. The zero-order valence-electron chi connectivity index (χ0n) is 92.0. The van der Waals surface area contributed by atoms with E-state index in [-0.39, 0.29) is 142 Å². The molecule has 11 N–H and O–H groups in total. The monoisotopic (exact) mass is 2350 g/mol. The molecule has 0 aliphatic carbocycles. The number of fused-ring (bicyclic) bond motifs is 3. The van der Waals surface area contributed by atoms with Crippen molar-refractivity contribution in [3.63, 3.8) is 0 Å². The first-order valence-corrected chi connectivity index (χ1v) is 60.0. The SMILES string of the molecule is C#CC(C)(C)CC(=O)OCC.CC(C)(C)[Si](C)(C)OCC=O.CC(C)(C)[Si](C)(C)OCCNc1ccc([N+](=O)[O-])cc1I.CC(C)(CCO)c1cc2cc(N)ccc2n1CCO.CC(C)(CCO)c1cc2cc([N+](=O)[O-])ccc2n1CCO.CCOC(=O)CC(C)(C)C#Cc1cc([N+](=O)[O-])ccc1NCCO[Si](C)(C)C(C)(C)C.CCOC(=O)CC(C)(C)c1cc2cc([N+](=O)[O-])ccc2n1CCO.Nc1ccc([N+](=O)[O-])cc1I. The van der Waals surface area contributed by atoms with Gasteiger partial charge in [0.25, 0.3) is 28.4 Å². The van der Waals surface area contributed by atoms with Crippen LogP contribution in [0.4, 0.5) is 51.2 Å². The molecule has 9 rings (SSSR count). The van der Waals surface area contributed by atoms with Gasteiger partial charge in [0.2, 0.25) is 0 Å². The number of nitrogens with zero attached hydrogens (tertiary/aromatic N) is 8. The highest BCUT2D eigenvalue weighted by Gasteiger charge is 2.40. The van der Waals surface area contributed by atoms with Crippen LogP contribution in [0.25, 0.3) is 32.7 Å². The summed E-state index contributed by atoms with van der Waals surface area (Å²) < 4.78 is 40.1. The molecule has 0 bridgehead atoms. The molecule has 0 saturated carbocycles. The second kappa shape index (κ2) is 60.4. The summed E-state index contributed by atoms with van der Waals surface area (Å²) in [5.41, 5.74) is 18.6. The maximum Gasteiger partial charge on any atom is 0.307 e. The van der Waals surface area contributed by atoms with Crippen LogP contribution in [0.15, 0.2) is 127 Å². The van der Waals surface area contributed by atoms with Gasteiger partial charge in [-0.1, -0.05) is 122 Å². The quantitative estimate of drug-likeness (QED) is 0.00164. The predicted octanol–water partition coefficient (Wildman–Crippen LogP) is 22.4. The number of aromatic nitrogens is 3. The largest absolute Gasteiger partial charge is 0.466 e. The number of anilines is 4. The van der Waals surface area contributed by atoms with Crippen molar-refractivity contribution < 1.29 is 96.8 Å². The highest BCUT2D eigenvalue weighted by Crippen LogP contribution is 2.42. The summed E-state index contributed by atoms with van der Waals surface area (Å²) in [6, 6.07) is 34.8. The maximum atomic E-state index is 11.9. The second-order valence-electron chi connectivity index (χ2n) is 42.9. The van der Waals surface area contributed by atoms with Crippen LogP contribution in [0.5, 0.6) is 0 Å². The van der Waals surface area contributed by atoms with E-state index in [1.165, 1.54) is 54.6 Å². The highest BCUT2D eigenvalue weighted by molar-refractivity contribution is 14.1. The van der Waals surface area contributed by atoms with Gasteiger partial charge in [0.05, 0.1) is 115 Å². The number of nitro benzene ring substituents is 5. The van der Waals surface area contributed by atoms with E-state index in [1.54, 1.807) is 57.2 Å². The Balaban J connectivity index is 0.000000589. The summed E-state index contributed by atoms with van der Waals surface area (Å²) in [4.78, 5) is 96.5. The minimum Gasteiger partial charge on any atom is -0.466 e. The summed E-state index contributed by atoms with van der Waals surface area (Å²) in [5, 5.41) is 110. The molecule has 0 aliphatic heterocycles. The van der Waals surface area contributed by atoms with E-state index >= 15 is 0 Å². The van der Waals surface area contributed by atoms with Gasteiger partial charge < -0.3 is 93.6 Å². The number of rotatable bonds is 40. The molecule has 3 heterocycles.